The number of hydrogen-bond acceptors (Lipinski definition) is 4. The van der Waals surface area contributed by atoms with E-state index in [1.807, 2.05) is 6.92 Å². The Bertz CT molecular complexity index is 363. The first-order chi connectivity index (χ1) is 7.76. The zero-order chi connectivity index (χ0) is 13.5. The van der Waals surface area contributed by atoms with E-state index in [0.29, 0.717) is 12.8 Å². The number of rotatable bonds is 8. The molecule has 100 valence electrons. The zero-order valence-electron chi connectivity index (χ0n) is 10.1. The lowest BCUT2D eigenvalue weighted by Gasteiger charge is -2.13. The van der Waals surface area contributed by atoms with Crippen molar-refractivity contribution in [2.45, 2.75) is 38.6 Å². The van der Waals surface area contributed by atoms with E-state index in [0.717, 1.165) is 6.26 Å². The van der Waals surface area contributed by atoms with Crippen LogP contribution in [0.5, 0.6) is 0 Å². The van der Waals surface area contributed by atoms with Crippen LogP contribution >= 0.6 is 0 Å². The highest BCUT2D eigenvalue weighted by Gasteiger charge is 2.18. The number of carbonyl (C=O) groups excluding carboxylic acids is 1. The molecule has 0 aromatic rings. The molecule has 0 saturated carbocycles. The molecule has 0 rings (SSSR count). The van der Waals surface area contributed by atoms with E-state index in [2.05, 4.69) is 5.32 Å². The van der Waals surface area contributed by atoms with Crippen LogP contribution < -0.4 is 5.32 Å². The number of nitrogens with one attached hydrogen (secondary N) is 1. The molecular formula is C10H19NO5S. The Morgan fingerprint density at radius 3 is 2.35 bits per heavy atom. The van der Waals surface area contributed by atoms with Gasteiger partial charge in [0.15, 0.2) is 0 Å². The van der Waals surface area contributed by atoms with Crippen LogP contribution in [0.2, 0.25) is 0 Å². The van der Waals surface area contributed by atoms with Crippen molar-refractivity contribution in [2.24, 2.45) is 0 Å². The third-order valence-electron chi connectivity index (χ3n) is 2.13. The number of amides is 1. The van der Waals surface area contributed by atoms with Crippen LogP contribution in [0.15, 0.2) is 0 Å². The van der Waals surface area contributed by atoms with Gasteiger partial charge in [-0.15, -0.1) is 0 Å². The molecule has 17 heavy (non-hydrogen) atoms. The maximum absolute atomic E-state index is 11.3. The average Bonchev–Trinajstić information content (AvgIpc) is 2.14. The van der Waals surface area contributed by atoms with Crippen molar-refractivity contribution in [3.63, 3.8) is 0 Å². The standard InChI is InChI=1S/C10H19NO5S/c1-3-5-8(10(13)14)11-9(12)6-4-7-17(2,15)16/h8H,3-7H2,1-2H3,(H,11,12)(H,13,14). The highest BCUT2D eigenvalue weighted by Crippen LogP contribution is 2.00. The van der Waals surface area contributed by atoms with Gasteiger partial charge in [-0.1, -0.05) is 13.3 Å². The number of carboxylic acids is 1. The minimum Gasteiger partial charge on any atom is -0.480 e. The van der Waals surface area contributed by atoms with E-state index >= 15 is 0 Å². The van der Waals surface area contributed by atoms with Crippen LogP contribution in [-0.4, -0.2) is 43.5 Å². The second-order valence-electron chi connectivity index (χ2n) is 3.98. The summed E-state index contributed by atoms with van der Waals surface area (Å²) >= 11 is 0. The summed E-state index contributed by atoms with van der Waals surface area (Å²) in [6.07, 6.45) is 2.36. The summed E-state index contributed by atoms with van der Waals surface area (Å²) in [5, 5.41) is 11.2. The Hall–Kier alpha value is -1.11. The summed E-state index contributed by atoms with van der Waals surface area (Å²) in [5.74, 6) is -1.55. The Balaban J connectivity index is 4.03. The fourth-order valence-corrected chi connectivity index (χ4v) is 1.98. The van der Waals surface area contributed by atoms with E-state index < -0.39 is 27.8 Å². The van der Waals surface area contributed by atoms with Gasteiger partial charge in [-0.2, -0.15) is 0 Å². The first-order valence-corrected chi connectivity index (χ1v) is 7.52. The van der Waals surface area contributed by atoms with Gasteiger partial charge in [-0.25, -0.2) is 13.2 Å². The van der Waals surface area contributed by atoms with Crippen LogP contribution in [0.25, 0.3) is 0 Å². The molecule has 6 nitrogen and oxygen atoms in total. The fourth-order valence-electron chi connectivity index (χ4n) is 1.31. The van der Waals surface area contributed by atoms with Crippen molar-refractivity contribution in [3.8, 4) is 0 Å². The molecule has 0 bridgehead atoms. The van der Waals surface area contributed by atoms with Crippen molar-refractivity contribution in [1.29, 1.82) is 0 Å². The van der Waals surface area contributed by atoms with Crippen molar-refractivity contribution in [1.82, 2.24) is 5.32 Å². The monoisotopic (exact) mass is 265 g/mol. The Kier molecular flexibility index (Phi) is 6.79. The molecule has 7 heteroatoms. The molecule has 1 amide bonds. The molecular weight excluding hydrogens is 246 g/mol. The van der Waals surface area contributed by atoms with Gasteiger partial charge in [0.2, 0.25) is 5.91 Å². The highest BCUT2D eigenvalue weighted by atomic mass is 32.2. The number of hydrogen-bond donors (Lipinski definition) is 2. The third-order valence-corrected chi connectivity index (χ3v) is 3.16. The van der Waals surface area contributed by atoms with Gasteiger partial charge in [0.25, 0.3) is 0 Å². The zero-order valence-corrected chi connectivity index (χ0v) is 10.9. The molecule has 0 spiro atoms. The maximum Gasteiger partial charge on any atom is 0.326 e. The van der Waals surface area contributed by atoms with Crippen LogP contribution in [0.4, 0.5) is 0 Å². The van der Waals surface area contributed by atoms with Crippen molar-refractivity contribution >= 4 is 21.7 Å². The quantitative estimate of drug-likeness (QED) is 0.652. The summed E-state index contributed by atoms with van der Waals surface area (Å²) in [7, 11) is -3.07. The summed E-state index contributed by atoms with van der Waals surface area (Å²) in [6, 6.07) is -0.884. The fraction of sp³-hybridized carbons (Fsp3) is 0.800. The van der Waals surface area contributed by atoms with Crippen molar-refractivity contribution in [3.05, 3.63) is 0 Å². The maximum atomic E-state index is 11.3. The molecule has 0 radical (unpaired) electrons. The predicted octanol–water partition coefficient (Wildman–Crippen LogP) is 0.181. The lowest BCUT2D eigenvalue weighted by Crippen LogP contribution is -2.40. The number of sulfone groups is 1. The minimum atomic E-state index is -3.07. The molecule has 0 heterocycles. The van der Waals surface area contributed by atoms with Crippen LogP contribution in [0.3, 0.4) is 0 Å². The smallest absolute Gasteiger partial charge is 0.326 e. The summed E-state index contributed by atoms with van der Waals surface area (Å²) < 4.78 is 21.6. The average molecular weight is 265 g/mol. The largest absolute Gasteiger partial charge is 0.480 e. The molecule has 0 aromatic carbocycles. The number of carbonyl (C=O) groups is 2. The van der Waals surface area contributed by atoms with Gasteiger partial charge in [-0.05, 0) is 12.8 Å². The van der Waals surface area contributed by atoms with Gasteiger partial charge in [0, 0.05) is 12.7 Å². The van der Waals surface area contributed by atoms with Gasteiger partial charge in [0.05, 0.1) is 5.75 Å². The second-order valence-corrected chi connectivity index (χ2v) is 6.24. The van der Waals surface area contributed by atoms with Crippen molar-refractivity contribution < 1.29 is 23.1 Å². The lowest BCUT2D eigenvalue weighted by molar-refractivity contribution is -0.142. The van der Waals surface area contributed by atoms with Gasteiger partial charge in [0.1, 0.15) is 15.9 Å². The first-order valence-electron chi connectivity index (χ1n) is 5.46. The molecule has 0 aliphatic carbocycles. The van der Waals surface area contributed by atoms with E-state index in [-0.39, 0.29) is 18.6 Å². The Morgan fingerprint density at radius 2 is 1.94 bits per heavy atom. The lowest BCUT2D eigenvalue weighted by atomic mass is 10.1. The van der Waals surface area contributed by atoms with E-state index in [1.54, 1.807) is 0 Å². The minimum absolute atomic E-state index is 0.0283. The van der Waals surface area contributed by atoms with Crippen LogP contribution in [-0.2, 0) is 19.4 Å². The van der Waals surface area contributed by atoms with E-state index in [4.69, 9.17) is 5.11 Å². The van der Waals surface area contributed by atoms with Gasteiger partial charge >= 0.3 is 5.97 Å². The van der Waals surface area contributed by atoms with E-state index in [9.17, 15) is 18.0 Å². The summed E-state index contributed by atoms with van der Waals surface area (Å²) in [5.41, 5.74) is 0. The van der Waals surface area contributed by atoms with E-state index in [1.165, 1.54) is 0 Å². The predicted molar refractivity (Wildman–Crippen MR) is 63.4 cm³/mol. The highest BCUT2D eigenvalue weighted by molar-refractivity contribution is 7.90. The second kappa shape index (κ2) is 7.26. The van der Waals surface area contributed by atoms with Gasteiger partial charge < -0.3 is 10.4 Å². The number of aliphatic carboxylic acids is 1. The molecule has 0 aliphatic heterocycles. The third kappa shape index (κ3) is 8.67. The Morgan fingerprint density at radius 1 is 1.35 bits per heavy atom. The van der Waals surface area contributed by atoms with Crippen LogP contribution in [0.1, 0.15) is 32.6 Å². The van der Waals surface area contributed by atoms with Gasteiger partial charge in [-0.3, -0.25) is 4.79 Å². The van der Waals surface area contributed by atoms with Crippen molar-refractivity contribution in [2.75, 3.05) is 12.0 Å². The topological polar surface area (TPSA) is 101 Å². The SMILES string of the molecule is CCCC(NC(=O)CCCS(C)(=O)=O)C(=O)O. The summed E-state index contributed by atoms with van der Waals surface area (Å²) in [6.45, 7) is 1.83. The molecule has 1 unspecified atom stereocenters. The molecule has 0 aliphatic rings. The number of carboxylic acid groups (broad SMARTS) is 1. The molecule has 1 atom stereocenters. The first kappa shape index (κ1) is 15.9. The molecule has 0 saturated heterocycles. The Labute approximate surface area is 101 Å². The molecule has 0 fully saturated rings. The molecule has 2 N–H and O–H groups in total. The van der Waals surface area contributed by atoms with Crippen LogP contribution in [0, 0.1) is 0 Å². The normalized spacial score (nSPS) is 13.1. The molecule has 0 aromatic heterocycles. The summed E-state index contributed by atoms with van der Waals surface area (Å²) in [4.78, 5) is 22.1.